The van der Waals surface area contributed by atoms with Gasteiger partial charge in [-0.1, -0.05) is 25.0 Å². The topological polar surface area (TPSA) is 85.5 Å². The highest BCUT2D eigenvalue weighted by Gasteiger charge is 2.52. The summed E-state index contributed by atoms with van der Waals surface area (Å²) in [7, 11) is 0. The van der Waals surface area contributed by atoms with E-state index in [2.05, 4.69) is 32.3 Å². The summed E-state index contributed by atoms with van der Waals surface area (Å²) in [5, 5.41) is 4.00. The van der Waals surface area contributed by atoms with Crippen LogP contribution in [-0.2, 0) is 22.6 Å². The van der Waals surface area contributed by atoms with E-state index in [1.807, 2.05) is 17.0 Å². The van der Waals surface area contributed by atoms with Crippen LogP contribution in [0.5, 0.6) is 0 Å². The third-order valence-electron chi connectivity index (χ3n) is 6.56. The van der Waals surface area contributed by atoms with E-state index >= 15 is 0 Å². The maximum Gasteiger partial charge on any atom is 0.325 e. The van der Waals surface area contributed by atoms with Crippen LogP contribution in [0.3, 0.4) is 0 Å². The molecule has 1 aromatic carbocycles. The van der Waals surface area contributed by atoms with Crippen molar-refractivity contribution >= 4 is 44.7 Å². The van der Waals surface area contributed by atoms with Crippen LogP contribution in [0.2, 0.25) is 0 Å². The van der Waals surface area contributed by atoms with Gasteiger partial charge < -0.3 is 15.2 Å². The summed E-state index contributed by atoms with van der Waals surface area (Å²) in [4.78, 5) is 44.4. The first-order chi connectivity index (χ1) is 14.0. The minimum absolute atomic E-state index is 0.0204. The Labute approximate surface area is 176 Å². The van der Waals surface area contributed by atoms with Crippen LogP contribution >= 0.6 is 15.9 Å². The molecule has 5 rings (SSSR count). The zero-order valence-corrected chi connectivity index (χ0v) is 17.7. The number of carbonyl (C=O) groups is 3. The van der Waals surface area contributed by atoms with E-state index in [-0.39, 0.29) is 30.8 Å². The quantitative estimate of drug-likeness (QED) is 0.692. The number of nitrogens with one attached hydrogen (secondary N) is 2. The zero-order chi connectivity index (χ0) is 20.2. The molecule has 2 aromatic rings. The van der Waals surface area contributed by atoms with E-state index < -0.39 is 5.54 Å². The third kappa shape index (κ3) is 2.96. The molecule has 4 amide bonds. The number of H-pyrrole nitrogens is 1. The molecule has 0 radical (unpaired) electrons. The van der Waals surface area contributed by atoms with Crippen molar-refractivity contribution in [2.45, 2.75) is 50.6 Å². The maximum atomic E-state index is 12.9. The van der Waals surface area contributed by atoms with Gasteiger partial charge in [0.1, 0.15) is 5.54 Å². The number of halogens is 1. The van der Waals surface area contributed by atoms with Gasteiger partial charge in [-0.15, -0.1) is 0 Å². The van der Waals surface area contributed by atoms with E-state index in [0.29, 0.717) is 25.9 Å². The molecular formula is C21H23BrN4O3. The van der Waals surface area contributed by atoms with Crippen molar-refractivity contribution in [2.24, 2.45) is 0 Å². The molecule has 1 spiro atoms. The first kappa shape index (κ1) is 18.7. The lowest BCUT2D eigenvalue weighted by Crippen LogP contribution is -2.44. The summed E-state index contributed by atoms with van der Waals surface area (Å²) in [5.41, 5.74) is 2.68. The highest BCUT2D eigenvalue weighted by Crippen LogP contribution is 2.35. The lowest BCUT2D eigenvalue weighted by molar-refractivity contribution is -0.134. The summed E-state index contributed by atoms with van der Waals surface area (Å²) >= 11 is 3.58. The van der Waals surface area contributed by atoms with E-state index in [0.717, 1.165) is 40.2 Å². The number of hydrogen-bond acceptors (Lipinski definition) is 3. The Morgan fingerprint density at radius 2 is 2.00 bits per heavy atom. The van der Waals surface area contributed by atoms with E-state index in [1.165, 1.54) is 10.6 Å². The number of urea groups is 1. The van der Waals surface area contributed by atoms with E-state index in [9.17, 15) is 14.4 Å². The minimum Gasteiger partial charge on any atom is -0.357 e. The monoisotopic (exact) mass is 458 g/mol. The van der Waals surface area contributed by atoms with Gasteiger partial charge in [0.2, 0.25) is 5.91 Å². The van der Waals surface area contributed by atoms with Gasteiger partial charge in [-0.05, 0) is 34.8 Å². The molecule has 2 fully saturated rings. The molecule has 7 nitrogen and oxygen atoms in total. The second-order valence-electron chi connectivity index (χ2n) is 8.24. The number of hydrogen-bond donors (Lipinski definition) is 2. The molecule has 1 saturated carbocycles. The summed E-state index contributed by atoms with van der Waals surface area (Å²) < 4.78 is 1.02. The number of carbonyl (C=O) groups excluding carboxylic acids is 3. The fraction of sp³-hybridized carbons (Fsp3) is 0.476. The zero-order valence-electron chi connectivity index (χ0n) is 16.1. The van der Waals surface area contributed by atoms with Gasteiger partial charge >= 0.3 is 6.03 Å². The Morgan fingerprint density at radius 1 is 1.21 bits per heavy atom. The molecule has 8 heteroatoms. The van der Waals surface area contributed by atoms with Crippen molar-refractivity contribution in [3.05, 3.63) is 33.9 Å². The predicted molar refractivity (Wildman–Crippen MR) is 111 cm³/mol. The lowest BCUT2D eigenvalue weighted by Gasteiger charge is -2.28. The van der Waals surface area contributed by atoms with Crippen LogP contribution in [0.15, 0.2) is 22.7 Å². The second kappa shape index (κ2) is 6.86. The third-order valence-corrected chi connectivity index (χ3v) is 7.23. The normalized spacial score (nSPS) is 20.6. The Bertz CT molecular complexity index is 1020. The Hall–Kier alpha value is -2.35. The lowest BCUT2D eigenvalue weighted by atomic mass is 9.98. The van der Waals surface area contributed by atoms with Crippen molar-refractivity contribution in [3.63, 3.8) is 0 Å². The van der Waals surface area contributed by atoms with Crippen molar-refractivity contribution in [3.8, 4) is 0 Å². The molecule has 3 aliphatic rings. The molecule has 2 aliphatic heterocycles. The smallest absolute Gasteiger partial charge is 0.325 e. The number of para-hydroxylation sites is 1. The summed E-state index contributed by atoms with van der Waals surface area (Å²) in [5.74, 6) is -0.178. The van der Waals surface area contributed by atoms with Crippen LogP contribution < -0.4 is 5.32 Å². The number of benzene rings is 1. The molecule has 29 heavy (non-hydrogen) atoms. The molecule has 1 aliphatic carbocycles. The number of rotatable bonds is 3. The average molecular weight is 459 g/mol. The van der Waals surface area contributed by atoms with Crippen LogP contribution in [-0.4, -0.2) is 51.3 Å². The maximum absolute atomic E-state index is 12.9. The summed E-state index contributed by atoms with van der Waals surface area (Å²) in [6.45, 7) is 1.34. The number of amides is 4. The molecule has 2 N–H and O–H groups in total. The number of fused-ring (bicyclic) bond motifs is 3. The fourth-order valence-corrected chi connectivity index (χ4v) is 5.44. The number of imide groups is 1. The Kier molecular flexibility index (Phi) is 4.42. The summed E-state index contributed by atoms with van der Waals surface area (Å²) in [6.07, 6.45) is 4.25. The van der Waals surface area contributed by atoms with Crippen molar-refractivity contribution in [2.75, 3.05) is 13.1 Å². The van der Waals surface area contributed by atoms with Crippen LogP contribution in [0, 0.1) is 0 Å². The van der Waals surface area contributed by atoms with Crippen molar-refractivity contribution in [1.29, 1.82) is 0 Å². The standard InChI is InChI=1S/C21H23BrN4O3/c22-15-5-3-4-13-14-12-25(10-6-16(14)23-18(13)15)17(27)7-11-26-19(28)21(24-20(26)29)8-1-2-9-21/h3-5,23H,1-2,6-12H2,(H,24,29). The first-order valence-corrected chi connectivity index (χ1v) is 11.0. The van der Waals surface area contributed by atoms with E-state index in [1.54, 1.807) is 0 Å². The van der Waals surface area contributed by atoms with Crippen molar-refractivity contribution in [1.82, 2.24) is 20.1 Å². The fourth-order valence-electron chi connectivity index (χ4n) is 4.98. The predicted octanol–water partition coefficient (Wildman–Crippen LogP) is 3.07. The van der Waals surface area contributed by atoms with Crippen LogP contribution in [0.4, 0.5) is 4.79 Å². The van der Waals surface area contributed by atoms with Crippen LogP contribution in [0.1, 0.15) is 43.4 Å². The molecular weight excluding hydrogens is 436 g/mol. The SMILES string of the molecule is O=C(CCN1C(=O)NC2(CCCC2)C1=O)N1CCc2[nH]c3c(Br)cccc3c2C1. The molecule has 0 unspecified atom stereocenters. The molecule has 3 heterocycles. The molecule has 1 aromatic heterocycles. The Morgan fingerprint density at radius 3 is 2.79 bits per heavy atom. The Balaban J connectivity index is 1.27. The molecule has 1 saturated heterocycles. The first-order valence-electron chi connectivity index (χ1n) is 10.2. The van der Waals surface area contributed by atoms with Gasteiger partial charge in [-0.3, -0.25) is 14.5 Å². The van der Waals surface area contributed by atoms with Crippen molar-refractivity contribution < 1.29 is 14.4 Å². The second-order valence-corrected chi connectivity index (χ2v) is 9.09. The van der Waals surface area contributed by atoms with Gasteiger partial charge in [0, 0.05) is 53.6 Å². The molecule has 0 atom stereocenters. The number of aromatic amines is 1. The van der Waals surface area contributed by atoms with Crippen LogP contribution in [0.25, 0.3) is 10.9 Å². The van der Waals surface area contributed by atoms with Gasteiger partial charge in [0.25, 0.3) is 5.91 Å². The van der Waals surface area contributed by atoms with Gasteiger partial charge in [-0.25, -0.2) is 4.79 Å². The average Bonchev–Trinajstić information content (AvgIpc) is 3.39. The molecule has 152 valence electrons. The number of aromatic nitrogens is 1. The number of nitrogens with zero attached hydrogens (tertiary/aromatic N) is 2. The largest absolute Gasteiger partial charge is 0.357 e. The van der Waals surface area contributed by atoms with Gasteiger partial charge in [-0.2, -0.15) is 0 Å². The highest BCUT2D eigenvalue weighted by atomic mass is 79.9. The van der Waals surface area contributed by atoms with E-state index in [4.69, 9.17) is 0 Å². The molecule has 0 bridgehead atoms. The highest BCUT2D eigenvalue weighted by molar-refractivity contribution is 9.10. The van der Waals surface area contributed by atoms with Gasteiger partial charge in [0.15, 0.2) is 0 Å². The van der Waals surface area contributed by atoms with Gasteiger partial charge in [0.05, 0.1) is 5.52 Å². The summed E-state index contributed by atoms with van der Waals surface area (Å²) in [6, 6.07) is 5.71. The minimum atomic E-state index is -0.711.